The molecule has 0 aliphatic carbocycles. The number of benzene rings is 1. The average Bonchev–Trinajstić information content (AvgIpc) is 2.98. The third-order valence-electron chi connectivity index (χ3n) is 4.23. The van der Waals surface area contributed by atoms with Gasteiger partial charge in [0.05, 0.1) is 0 Å². The second-order valence-electron chi connectivity index (χ2n) is 5.78. The fourth-order valence-electron chi connectivity index (χ4n) is 2.86. The van der Waals surface area contributed by atoms with Gasteiger partial charge in [0.15, 0.2) is 0 Å². The van der Waals surface area contributed by atoms with Crippen LogP contribution in [0.4, 0.5) is 0 Å². The molecule has 0 spiro atoms. The molecule has 0 radical (unpaired) electrons. The van der Waals surface area contributed by atoms with Crippen LogP contribution in [-0.2, 0) is 13.0 Å². The second-order valence-corrected chi connectivity index (χ2v) is 6.70. The molecule has 1 amide bonds. The highest BCUT2D eigenvalue weighted by molar-refractivity contribution is 9.10. The van der Waals surface area contributed by atoms with Crippen molar-refractivity contribution < 1.29 is 4.79 Å². The van der Waals surface area contributed by atoms with E-state index < -0.39 is 0 Å². The number of nitrogens with one attached hydrogen (secondary N) is 2. The van der Waals surface area contributed by atoms with Crippen LogP contribution in [0.3, 0.4) is 0 Å². The Morgan fingerprint density at radius 1 is 1.41 bits per heavy atom. The summed E-state index contributed by atoms with van der Waals surface area (Å²) in [5.74, 6) is -0.0602. The minimum absolute atomic E-state index is 0.0602. The molecule has 2 aromatic rings. The lowest BCUT2D eigenvalue weighted by molar-refractivity contribution is 0.0928. The van der Waals surface area contributed by atoms with Crippen molar-refractivity contribution in [2.24, 2.45) is 0 Å². The molecule has 0 saturated carbocycles. The standard InChI is InChI=1S/C17H20BrN3O/c1-12(9-20-17(22)16-8-15(18)10-19-16)21-7-6-13-4-2-3-5-14(13)11-21/h2-5,8,10,12,19H,6-7,9,11H2,1H3,(H,20,22). The Balaban J connectivity index is 1.55. The monoisotopic (exact) mass is 361 g/mol. The normalized spacial score (nSPS) is 16.1. The van der Waals surface area contributed by atoms with Crippen molar-refractivity contribution in [3.05, 3.63) is 57.8 Å². The largest absolute Gasteiger partial charge is 0.356 e. The molecule has 1 aromatic carbocycles. The summed E-state index contributed by atoms with van der Waals surface area (Å²) in [5, 5.41) is 3.00. The van der Waals surface area contributed by atoms with E-state index in [9.17, 15) is 4.79 Å². The molecule has 1 aliphatic heterocycles. The summed E-state index contributed by atoms with van der Waals surface area (Å²) >= 11 is 3.34. The Bertz CT molecular complexity index is 667. The van der Waals surface area contributed by atoms with Gasteiger partial charge in [-0.15, -0.1) is 0 Å². The molecular weight excluding hydrogens is 342 g/mol. The van der Waals surface area contributed by atoms with Crippen LogP contribution >= 0.6 is 15.9 Å². The third-order valence-corrected chi connectivity index (χ3v) is 4.69. The first-order valence-corrected chi connectivity index (χ1v) is 8.36. The van der Waals surface area contributed by atoms with Gasteiger partial charge in [-0.1, -0.05) is 24.3 Å². The summed E-state index contributed by atoms with van der Waals surface area (Å²) in [7, 11) is 0. The molecule has 4 nitrogen and oxygen atoms in total. The number of rotatable bonds is 4. The van der Waals surface area contributed by atoms with Crippen molar-refractivity contribution in [1.29, 1.82) is 0 Å². The molecule has 3 rings (SSSR count). The number of H-pyrrole nitrogens is 1. The summed E-state index contributed by atoms with van der Waals surface area (Å²) in [6, 6.07) is 10.7. The number of nitrogens with zero attached hydrogens (tertiary/aromatic N) is 1. The lowest BCUT2D eigenvalue weighted by atomic mass is 9.99. The summed E-state index contributed by atoms with van der Waals surface area (Å²) in [6.45, 7) is 4.82. The molecule has 0 fully saturated rings. The zero-order valence-electron chi connectivity index (χ0n) is 12.6. The maximum absolute atomic E-state index is 12.1. The third kappa shape index (κ3) is 3.42. The molecule has 2 N–H and O–H groups in total. The van der Waals surface area contributed by atoms with Gasteiger partial charge in [-0.25, -0.2) is 0 Å². The van der Waals surface area contributed by atoms with Crippen LogP contribution in [0.1, 0.15) is 28.5 Å². The SMILES string of the molecule is CC(CNC(=O)c1cc(Br)c[nH]1)N1CCc2ccccc2C1. The number of carbonyl (C=O) groups is 1. The molecule has 0 saturated heterocycles. The number of hydrogen-bond donors (Lipinski definition) is 2. The highest BCUT2D eigenvalue weighted by Gasteiger charge is 2.20. The van der Waals surface area contributed by atoms with Gasteiger partial charge < -0.3 is 10.3 Å². The molecule has 1 aromatic heterocycles. The highest BCUT2D eigenvalue weighted by Crippen LogP contribution is 2.20. The predicted molar refractivity (Wildman–Crippen MR) is 90.8 cm³/mol. The molecule has 1 unspecified atom stereocenters. The Morgan fingerprint density at radius 3 is 2.91 bits per heavy atom. The fourth-order valence-corrected chi connectivity index (χ4v) is 3.20. The van der Waals surface area contributed by atoms with E-state index in [1.54, 1.807) is 12.3 Å². The number of fused-ring (bicyclic) bond motifs is 1. The van der Waals surface area contributed by atoms with Crippen LogP contribution in [0, 0.1) is 0 Å². The Hall–Kier alpha value is -1.59. The maximum atomic E-state index is 12.1. The molecule has 0 bridgehead atoms. The zero-order valence-corrected chi connectivity index (χ0v) is 14.2. The van der Waals surface area contributed by atoms with Gasteiger partial charge in [0, 0.05) is 36.3 Å². The molecule has 22 heavy (non-hydrogen) atoms. The summed E-state index contributed by atoms with van der Waals surface area (Å²) in [4.78, 5) is 17.4. The van der Waals surface area contributed by atoms with Crippen LogP contribution in [0.2, 0.25) is 0 Å². The second kappa shape index (κ2) is 6.67. The first-order valence-electron chi connectivity index (χ1n) is 7.56. The van der Waals surface area contributed by atoms with E-state index in [-0.39, 0.29) is 5.91 Å². The van der Waals surface area contributed by atoms with Crippen molar-refractivity contribution in [2.45, 2.75) is 25.9 Å². The molecule has 116 valence electrons. The highest BCUT2D eigenvalue weighted by atomic mass is 79.9. The van der Waals surface area contributed by atoms with E-state index >= 15 is 0 Å². The fraction of sp³-hybridized carbons (Fsp3) is 0.353. The summed E-state index contributed by atoms with van der Waals surface area (Å²) in [5.41, 5.74) is 3.44. The summed E-state index contributed by atoms with van der Waals surface area (Å²) < 4.78 is 0.887. The van der Waals surface area contributed by atoms with Crippen LogP contribution < -0.4 is 5.32 Å². The van der Waals surface area contributed by atoms with Gasteiger partial charge in [0.1, 0.15) is 5.69 Å². The number of amides is 1. The minimum atomic E-state index is -0.0602. The average molecular weight is 362 g/mol. The van der Waals surface area contributed by atoms with E-state index in [4.69, 9.17) is 0 Å². The van der Waals surface area contributed by atoms with Crippen molar-refractivity contribution in [1.82, 2.24) is 15.2 Å². The lowest BCUT2D eigenvalue weighted by Crippen LogP contribution is -2.44. The van der Waals surface area contributed by atoms with Crippen LogP contribution in [-0.4, -0.2) is 34.9 Å². The number of aromatic nitrogens is 1. The molecule has 1 aliphatic rings. The smallest absolute Gasteiger partial charge is 0.267 e. The number of aromatic amines is 1. The van der Waals surface area contributed by atoms with E-state index in [0.717, 1.165) is 24.0 Å². The number of halogens is 1. The quantitative estimate of drug-likeness (QED) is 0.879. The van der Waals surface area contributed by atoms with Gasteiger partial charge >= 0.3 is 0 Å². The Labute approximate surface area is 139 Å². The Kier molecular flexibility index (Phi) is 4.64. The van der Waals surface area contributed by atoms with Crippen molar-refractivity contribution in [3.63, 3.8) is 0 Å². The maximum Gasteiger partial charge on any atom is 0.267 e. The van der Waals surface area contributed by atoms with Gasteiger partial charge in [-0.3, -0.25) is 9.69 Å². The molecular formula is C17H20BrN3O. The number of carbonyl (C=O) groups excluding carboxylic acids is 1. The molecule has 2 heterocycles. The lowest BCUT2D eigenvalue weighted by Gasteiger charge is -2.33. The van der Waals surface area contributed by atoms with Gasteiger partial charge in [0.2, 0.25) is 0 Å². The van der Waals surface area contributed by atoms with Crippen LogP contribution in [0.5, 0.6) is 0 Å². The van der Waals surface area contributed by atoms with Gasteiger partial charge in [-0.05, 0) is 46.5 Å². The van der Waals surface area contributed by atoms with Crippen molar-refractivity contribution in [2.75, 3.05) is 13.1 Å². The van der Waals surface area contributed by atoms with Crippen LogP contribution in [0.25, 0.3) is 0 Å². The van der Waals surface area contributed by atoms with Gasteiger partial charge in [-0.2, -0.15) is 0 Å². The van der Waals surface area contributed by atoms with Gasteiger partial charge in [0.25, 0.3) is 5.91 Å². The summed E-state index contributed by atoms with van der Waals surface area (Å²) in [6.07, 6.45) is 2.85. The van der Waals surface area contributed by atoms with E-state index in [2.05, 4.69) is 62.3 Å². The van der Waals surface area contributed by atoms with E-state index in [1.165, 1.54) is 11.1 Å². The van der Waals surface area contributed by atoms with E-state index in [0.29, 0.717) is 18.3 Å². The molecule has 5 heteroatoms. The van der Waals surface area contributed by atoms with Crippen molar-refractivity contribution >= 4 is 21.8 Å². The zero-order chi connectivity index (χ0) is 15.5. The first kappa shape index (κ1) is 15.3. The predicted octanol–water partition coefficient (Wildman–Crippen LogP) is 2.95. The van der Waals surface area contributed by atoms with Crippen molar-refractivity contribution in [3.8, 4) is 0 Å². The number of hydrogen-bond acceptors (Lipinski definition) is 2. The Morgan fingerprint density at radius 2 is 2.18 bits per heavy atom. The van der Waals surface area contributed by atoms with E-state index in [1.807, 2.05) is 0 Å². The topological polar surface area (TPSA) is 48.1 Å². The van der Waals surface area contributed by atoms with Crippen LogP contribution in [0.15, 0.2) is 41.0 Å². The molecule has 1 atom stereocenters. The first-order chi connectivity index (χ1) is 10.6. The minimum Gasteiger partial charge on any atom is -0.356 e.